The van der Waals surface area contributed by atoms with Crippen LogP contribution in [0.2, 0.25) is 0 Å². The van der Waals surface area contributed by atoms with Crippen molar-refractivity contribution >= 4 is 11.5 Å². The molecule has 0 heterocycles. The van der Waals surface area contributed by atoms with E-state index in [-0.39, 0.29) is 33.0 Å². The largest absolute Gasteiger partial charge is 0.507 e. The maximum absolute atomic E-state index is 11.5. The van der Waals surface area contributed by atoms with Crippen LogP contribution in [0.3, 0.4) is 0 Å². The van der Waals surface area contributed by atoms with E-state index in [1.807, 2.05) is 6.07 Å². The first-order valence-electron chi connectivity index (χ1n) is 16.8. The van der Waals surface area contributed by atoms with Crippen LogP contribution in [0.15, 0.2) is 36.4 Å². The summed E-state index contributed by atoms with van der Waals surface area (Å²) in [7, 11) is 0. The third kappa shape index (κ3) is 3.72. The van der Waals surface area contributed by atoms with Crippen LogP contribution in [0.1, 0.15) is 122 Å². The molecule has 0 spiro atoms. The molecule has 9 unspecified atom stereocenters. The number of aromatic hydroxyl groups is 1. The van der Waals surface area contributed by atoms with Gasteiger partial charge in [-0.25, -0.2) is 4.79 Å². The van der Waals surface area contributed by atoms with Gasteiger partial charge < -0.3 is 15.3 Å². The van der Waals surface area contributed by atoms with E-state index in [4.69, 9.17) is 0 Å². The Morgan fingerprint density at radius 2 is 1.74 bits per heavy atom. The number of benzene rings is 1. The smallest absolute Gasteiger partial charge is 0.339 e. The van der Waals surface area contributed by atoms with Crippen LogP contribution in [-0.4, -0.2) is 27.9 Å². The highest BCUT2D eigenvalue weighted by atomic mass is 16.4. The number of aliphatic hydroxyl groups is 1. The Hall–Kier alpha value is -2.07. The molecular weight excluding hydrogens is 520 g/mol. The van der Waals surface area contributed by atoms with Gasteiger partial charge in [-0.15, -0.1) is 0 Å². The first-order chi connectivity index (χ1) is 19.7. The van der Waals surface area contributed by atoms with Gasteiger partial charge in [-0.05, 0) is 151 Å². The highest BCUT2D eigenvalue weighted by Crippen LogP contribution is 2.78. The molecule has 0 radical (unpaired) electrons. The van der Waals surface area contributed by atoms with Gasteiger partial charge in [-0.2, -0.15) is 0 Å². The maximum atomic E-state index is 11.5. The number of hydrogen-bond donors (Lipinski definition) is 3. The lowest BCUT2D eigenvalue weighted by Crippen LogP contribution is -2.66. The molecule has 0 bridgehead atoms. The molecule has 4 heteroatoms. The topological polar surface area (TPSA) is 77.8 Å². The third-order valence-electron chi connectivity index (χ3n) is 15.0. The lowest BCUT2D eigenvalue weighted by atomic mass is 9.31. The van der Waals surface area contributed by atoms with E-state index in [1.54, 1.807) is 12.1 Å². The van der Waals surface area contributed by atoms with Crippen LogP contribution in [-0.2, 0) is 0 Å². The zero-order valence-electron chi connectivity index (χ0n) is 26.9. The summed E-state index contributed by atoms with van der Waals surface area (Å²) in [5, 5.41) is 30.8. The van der Waals surface area contributed by atoms with Crippen LogP contribution < -0.4 is 0 Å². The van der Waals surface area contributed by atoms with Crippen molar-refractivity contribution in [3.63, 3.8) is 0 Å². The first-order valence-corrected chi connectivity index (χ1v) is 16.8. The maximum Gasteiger partial charge on any atom is 0.339 e. The number of carboxylic acids is 1. The average molecular weight is 575 g/mol. The van der Waals surface area contributed by atoms with E-state index >= 15 is 0 Å². The normalized spacial score (nSPS) is 43.8. The van der Waals surface area contributed by atoms with Gasteiger partial charge in [0.05, 0.1) is 0 Å². The summed E-state index contributed by atoms with van der Waals surface area (Å²) >= 11 is 0. The fraction of sp³-hybridized carbons (Fsp3) is 0.711. The van der Waals surface area contributed by atoms with Crippen LogP contribution in [0, 0.1) is 56.7 Å². The van der Waals surface area contributed by atoms with Crippen molar-refractivity contribution in [1.82, 2.24) is 0 Å². The highest BCUT2D eigenvalue weighted by Gasteiger charge is 2.71. The molecule has 4 saturated carbocycles. The highest BCUT2D eigenvalue weighted by molar-refractivity contribution is 5.91. The van der Waals surface area contributed by atoms with E-state index in [0.717, 1.165) is 24.8 Å². The second-order valence-electron chi connectivity index (χ2n) is 16.4. The zero-order chi connectivity index (χ0) is 30.5. The monoisotopic (exact) mass is 574 g/mol. The van der Waals surface area contributed by atoms with Crippen molar-refractivity contribution in [2.75, 3.05) is 6.61 Å². The van der Waals surface area contributed by atoms with Gasteiger partial charge in [-0.1, -0.05) is 58.9 Å². The summed E-state index contributed by atoms with van der Waals surface area (Å²) < 4.78 is 0. The molecular formula is C38H54O4. The molecule has 9 atom stereocenters. The predicted molar refractivity (Wildman–Crippen MR) is 169 cm³/mol. The van der Waals surface area contributed by atoms with Crippen molar-refractivity contribution in [1.29, 1.82) is 0 Å². The Balaban J connectivity index is 1.39. The summed E-state index contributed by atoms with van der Waals surface area (Å²) in [5.41, 5.74) is 4.25. The Bertz CT molecular complexity index is 1320. The summed E-state index contributed by atoms with van der Waals surface area (Å²) in [4.78, 5) is 11.5. The van der Waals surface area contributed by atoms with Gasteiger partial charge in [0.15, 0.2) is 0 Å². The van der Waals surface area contributed by atoms with Crippen molar-refractivity contribution in [2.24, 2.45) is 56.7 Å². The summed E-state index contributed by atoms with van der Waals surface area (Å²) in [6.45, 7) is 19.6. The molecule has 1 aromatic carbocycles. The van der Waals surface area contributed by atoms with Gasteiger partial charge in [0.1, 0.15) is 11.3 Å². The minimum Gasteiger partial charge on any atom is -0.507 e. The summed E-state index contributed by atoms with van der Waals surface area (Å²) in [5.74, 6) is 1.68. The fourth-order valence-electron chi connectivity index (χ4n) is 13.2. The van der Waals surface area contributed by atoms with Gasteiger partial charge in [0.2, 0.25) is 0 Å². The predicted octanol–water partition coefficient (Wildman–Crippen LogP) is 9.12. The molecule has 0 amide bonds. The fourth-order valence-corrected chi connectivity index (χ4v) is 13.2. The number of aliphatic hydroxyl groups excluding tert-OH is 1. The van der Waals surface area contributed by atoms with E-state index in [1.165, 1.54) is 56.1 Å². The molecule has 1 aromatic rings. The molecule has 230 valence electrons. The molecule has 0 aliphatic heterocycles. The number of rotatable bonds is 5. The Labute approximate surface area is 253 Å². The van der Waals surface area contributed by atoms with Gasteiger partial charge in [-0.3, -0.25) is 0 Å². The second-order valence-corrected chi connectivity index (χ2v) is 16.4. The van der Waals surface area contributed by atoms with Gasteiger partial charge in [0.25, 0.3) is 0 Å². The number of carboxylic acid groups (broad SMARTS) is 1. The molecule has 5 aliphatic carbocycles. The Morgan fingerprint density at radius 3 is 2.36 bits per heavy atom. The number of phenols is 1. The average Bonchev–Trinajstić information content (AvgIpc) is 3.33. The number of hydrogen-bond acceptors (Lipinski definition) is 3. The number of fused-ring (bicyclic) bond motifs is 7. The minimum absolute atomic E-state index is 0.0401. The van der Waals surface area contributed by atoms with Crippen LogP contribution in [0.4, 0.5) is 0 Å². The zero-order valence-corrected chi connectivity index (χ0v) is 26.9. The van der Waals surface area contributed by atoms with Gasteiger partial charge in [0, 0.05) is 6.61 Å². The molecule has 4 nitrogen and oxygen atoms in total. The van der Waals surface area contributed by atoms with E-state index in [9.17, 15) is 20.1 Å². The molecule has 42 heavy (non-hydrogen) atoms. The summed E-state index contributed by atoms with van der Waals surface area (Å²) in [6, 6.07) is 5.11. The van der Waals surface area contributed by atoms with Crippen molar-refractivity contribution in [2.45, 2.75) is 106 Å². The standard InChI is InChI=1S/C38H54O4/c1-8-38-20-19-37(22-39)18-13-25(23(2)3)32(37)28(38)11-12-31-35(6)16-14-27(24-9-10-26(33(41)42)29(40)21-24)34(4,5)30(35)15-17-36(31,38)7/h9-10,14,21,25,28,30-32,39-40H,2,8,11-13,15-20,22H2,1,3-7H3,(H,41,42). The van der Waals surface area contributed by atoms with Crippen LogP contribution in [0.25, 0.3) is 5.57 Å². The molecule has 0 saturated heterocycles. The Morgan fingerprint density at radius 1 is 1.00 bits per heavy atom. The van der Waals surface area contributed by atoms with Crippen molar-refractivity contribution in [3.8, 4) is 5.75 Å². The first kappa shape index (κ1) is 30.0. The quantitative estimate of drug-likeness (QED) is 0.307. The van der Waals surface area contributed by atoms with Crippen molar-refractivity contribution in [3.05, 3.63) is 47.6 Å². The lowest BCUT2D eigenvalue weighted by molar-refractivity contribution is -0.236. The Kier molecular flexibility index (Phi) is 6.93. The molecule has 0 aromatic heterocycles. The van der Waals surface area contributed by atoms with Crippen molar-refractivity contribution < 1.29 is 20.1 Å². The molecule has 6 rings (SSSR count). The molecule has 4 fully saturated rings. The molecule has 3 N–H and O–H groups in total. The second kappa shape index (κ2) is 9.71. The van der Waals surface area contributed by atoms with Gasteiger partial charge >= 0.3 is 5.97 Å². The minimum atomic E-state index is -1.10. The summed E-state index contributed by atoms with van der Waals surface area (Å²) in [6.07, 6.45) is 14.4. The number of allylic oxidation sites excluding steroid dienone is 3. The number of aromatic carboxylic acids is 1. The van der Waals surface area contributed by atoms with E-state index in [2.05, 4.69) is 54.2 Å². The lowest BCUT2D eigenvalue weighted by Gasteiger charge is -2.73. The molecule has 5 aliphatic rings. The van der Waals surface area contributed by atoms with E-state index in [0.29, 0.717) is 41.6 Å². The van der Waals surface area contributed by atoms with E-state index < -0.39 is 5.97 Å². The number of carbonyl (C=O) groups is 1. The SMILES string of the molecule is C=C(C)C1CCC2(CO)CCC3(CC)C(CCC4C5(C)CC=C(c6ccc(C(=O)O)c(O)c6)C(C)(C)C5CCC43C)C12. The van der Waals surface area contributed by atoms with Crippen LogP contribution in [0.5, 0.6) is 5.75 Å². The third-order valence-corrected chi connectivity index (χ3v) is 15.0. The van der Waals surface area contributed by atoms with Crippen LogP contribution >= 0.6 is 0 Å².